The van der Waals surface area contributed by atoms with Crippen LogP contribution in [0.1, 0.15) is 0 Å². The molecule has 280 valence electrons. The van der Waals surface area contributed by atoms with Crippen LogP contribution in [-0.4, -0.2) is 18.9 Å². The number of para-hydroxylation sites is 1. The number of aromatic nitrogens is 4. The molecule has 3 aromatic heterocycles. The van der Waals surface area contributed by atoms with Gasteiger partial charge in [0, 0.05) is 38.4 Å². The average molecular weight is 765 g/mol. The molecule has 0 spiro atoms. The molecule has 3 heterocycles. The van der Waals surface area contributed by atoms with Gasteiger partial charge in [-0.2, -0.15) is 0 Å². The number of nitrogens with zero attached hydrogens (tertiary/aromatic N) is 4. The Morgan fingerprint density at radius 1 is 0.317 bits per heavy atom. The van der Waals surface area contributed by atoms with Crippen LogP contribution in [0, 0.1) is 0 Å². The molecule has 0 unspecified atom stereocenters. The third-order valence-corrected chi connectivity index (χ3v) is 11.9. The van der Waals surface area contributed by atoms with E-state index in [0.29, 0.717) is 5.82 Å². The second-order valence-corrected chi connectivity index (χ2v) is 15.4. The molecule has 4 nitrogen and oxygen atoms in total. The van der Waals surface area contributed by atoms with E-state index in [-0.39, 0.29) is 0 Å². The molecular weight excluding hydrogens is 729 g/mol. The highest BCUT2D eigenvalue weighted by Crippen LogP contribution is 2.43. The number of hydrogen-bond donors (Lipinski definition) is 0. The molecule has 0 fully saturated rings. The van der Waals surface area contributed by atoms with Crippen molar-refractivity contribution in [3.8, 4) is 62.1 Å². The first kappa shape index (κ1) is 34.0. The van der Waals surface area contributed by atoms with Gasteiger partial charge < -0.3 is 4.57 Å². The quantitative estimate of drug-likeness (QED) is 0.158. The predicted molar refractivity (Wildman–Crippen MR) is 250 cm³/mol. The van der Waals surface area contributed by atoms with E-state index in [4.69, 9.17) is 9.97 Å². The Labute approximate surface area is 346 Å². The van der Waals surface area contributed by atoms with Crippen molar-refractivity contribution in [3.05, 3.63) is 218 Å². The summed E-state index contributed by atoms with van der Waals surface area (Å²) in [5.41, 5.74) is 12.0. The highest BCUT2D eigenvalue weighted by molar-refractivity contribution is 6.25. The monoisotopic (exact) mass is 764 g/mol. The van der Waals surface area contributed by atoms with Gasteiger partial charge in [-0.1, -0.05) is 188 Å². The second-order valence-electron chi connectivity index (χ2n) is 15.4. The molecule has 12 rings (SSSR count). The van der Waals surface area contributed by atoms with Crippen molar-refractivity contribution in [2.75, 3.05) is 0 Å². The Hall–Kier alpha value is -8.08. The molecule has 60 heavy (non-hydrogen) atoms. The van der Waals surface area contributed by atoms with E-state index < -0.39 is 0 Å². The van der Waals surface area contributed by atoms with Gasteiger partial charge in [-0.3, -0.25) is 4.40 Å². The molecular formula is C56H36N4. The Morgan fingerprint density at radius 3 is 1.48 bits per heavy atom. The van der Waals surface area contributed by atoms with Crippen molar-refractivity contribution in [1.82, 2.24) is 18.9 Å². The highest BCUT2D eigenvalue weighted by atomic mass is 15.1. The maximum atomic E-state index is 5.29. The summed E-state index contributed by atoms with van der Waals surface area (Å²) in [6, 6.07) is 78.0. The average Bonchev–Trinajstić information content (AvgIpc) is 3.90. The molecule has 0 bridgehead atoms. The van der Waals surface area contributed by atoms with Crippen LogP contribution in [0.4, 0.5) is 0 Å². The van der Waals surface area contributed by atoms with E-state index in [0.717, 1.165) is 72.7 Å². The molecule has 0 aliphatic carbocycles. The zero-order valence-electron chi connectivity index (χ0n) is 32.6. The molecule has 0 aliphatic rings. The molecule has 0 radical (unpaired) electrons. The SMILES string of the molecule is c1ccc(-c2nc(-c3ccccc3)n3c(-c4cccc(-c5cccc(-c6cc7c8ccccc8c8ccccc8c7n6-c6ccccc6)c5)c4)c4ccccc4c3n2)cc1. The molecule has 9 aromatic carbocycles. The normalized spacial score (nSPS) is 11.7. The smallest absolute Gasteiger partial charge is 0.163 e. The van der Waals surface area contributed by atoms with E-state index in [1.807, 2.05) is 18.2 Å². The van der Waals surface area contributed by atoms with Crippen LogP contribution in [0.5, 0.6) is 0 Å². The summed E-state index contributed by atoms with van der Waals surface area (Å²) in [6.07, 6.45) is 0. The van der Waals surface area contributed by atoms with Crippen molar-refractivity contribution in [2.45, 2.75) is 0 Å². The maximum Gasteiger partial charge on any atom is 0.163 e. The Morgan fingerprint density at radius 2 is 0.800 bits per heavy atom. The Bertz CT molecular complexity index is 3580. The maximum absolute atomic E-state index is 5.29. The zero-order valence-corrected chi connectivity index (χ0v) is 32.6. The minimum absolute atomic E-state index is 0.705. The lowest BCUT2D eigenvalue weighted by Gasteiger charge is -2.15. The van der Waals surface area contributed by atoms with Crippen LogP contribution in [0.2, 0.25) is 0 Å². The van der Waals surface area contributed by atoms with Crippen LogP contribution in [-0.2, 0) is 0 Å². The van der Waals surface area contributed by atoms with E-state index in [1.165, 1.54) is 32.4 Å². The van der Waals surface area contributed by atoms with Gasteiger partial charge in [0.15, 0.2) is 5.82 Å². The number of hydrogen-bond acceptors (Lipinski definition) is 2. The van der Waals surface area contributed by atoms with Crippen molar-refractivity contribution >= 4 is 48.9 Å². The topological polar surface area (TPSA) is 35.1 Å². The van der Waals surface area contributed by atoms with Crippen molar-refractivity contribution in [1.29, 1.82) is 0 Å². The molecule has 4 heteroatoms. The first-order valence-corrected chi connectivity index (χ1v) is 20.4. The highest BCUT2D eigenvalue weighted by Gasteiger charge is 2.22. The van der Waals surface area contributed by atoms with Gasteiger partial charge in [0.05, 0.1) is 16.9 Å². The fourth-order valence-corrected chi connectivity index (χ4v) is 9.23. The molecule has 0 saturated carbocycles. The van der Waals surface area contributed by atoms with Gasteiger partial charge in [-0.15, -0.1) is 0 Å². The fourth-order valence-electron chi connectivity index (χ4n) is 9.23. The van der Waals surface area contributed by atoms with E-state index >= 15 is 0 Å². The summed E-state index contributed by atoms with van der Waals surface area (Å²) < 4.78 is 4.71. The van der Waals surface area contributed by atoms with Crippen LogP contribution in [0.25, 0.3) is 111 Å². The first-order valence-electron chi connectivity index (χ1n) is 20.4. The zero-order chi connectivity index (χ0) is 39.6. The second kappa shape index (κ2) is 13.8. The summed E-state index contributed by atoms with van der Waals surface area (Å²) in [5.74, 6) is 1.56. The summed E-state index contributed by atoms with van der Waals surface area (Å²) >= 11 is 0. The lowest BCUT2D eigenvalue weighted by atomic mass is 9.97. The first-order chi connectivity index (χ1) is 29.8. The van der Waals surface area contributed by atoms with Crippen molar-refractivity contribution in [3.63, 3.8) is 0 Å². The van der Waals surface area contributed by atoms with Crippen LogP contribution in [0.15, 0.2) is 218 Å². The molecule has 12 aromatic rings. The van der Waals surface area contributed by atoms with Crippen LogP contribution >= 0.6 is 0 Å². The van der Waals surface area contributed by atoms with Crippen molar-refractivity contribution in [2.24, 2.45) is 0 Å². The standard InChI is InChI=1S/C56H36N4/c1-4-18-37(19-5-1)54-57-55(38-20-6-2-7-21-38)60-52(48-32-14-15-33-49(48)56(60)58-54)42-25-17-23-40(35-42)39-22-16-24-41(34-39)51-36-50-46-30-11-10-28-44(46)45-29-12-13-31-47(45)53(50)59(51)43-26-8-3-9-27-43/h1-36H. The molecule has 0 N–H and O–H groups in total. The predicted octanol–water partition coefficient (Wildman–Crippen LogP) is 14.5. The van der Waals surface area contributed by atoms with Gasteiger partial charge in [0.1, 0.15) is 11.5 Å². The summed E-state index contributed by atoms with van der Waals surface area (Å²) in [4.78, 5) is 10.6. The van der Waals surface area contributed by atoms with E-state index in [9.17, 15) is 0 Å². The fraction of sp³-hybridized carbons (Fsp3) is 0. The Kier molecular flexibility index (Phi) is 7.82. The van der Waals surface area contributed by atoms with Gasteiger partial charge >= 0.3 is 0 Å². The third kappa shape index (κ3) is 5.39. The summed E-state index contributed by atoms with van der Waals surface area (Å²) in [6.45, 7) is 0. The molecule has 0 saturated heterocycles. The van der Waals surface area contributed by atoms with Crippen molar-refractivity contribution < 1.29 is 0 Å². The van der Waals surface area contributed by atoms with Crippen LogP contribution < -0.4 is 0 Å². The number of benzene rings is 9. The lowest BCUT2D eigenvalue weighted by molar-refractivity contribution is 1.05. The van der Waals surface area contributed by atoms with Gasteiger partial charge in [0.2, 0.25) is 0 Å². The lowest BCUT2D eigenvalue weighted by Crippen LogP contribution is -2.03. The minimum atomic E-state index is 0.705. The third-order valence-electron chi connectivity index (χ3n) is 11.9. The van der Waals surface area contributed by atoms with E-state index in [1.54, 1.807) is 0 Å². The number of rotatable bonds is 6. The minimum Gasteiger partial charge on any atom is -0.309 e. The summed E-state index contributed by atoms with van der Waals surface area (Å²) in [5, 5.41) is 8.49. The Balaban J connectivity index is 1.07. The van der Waals surface area contributed by atoms with Crippen LogP contribution in [0.3, 0.4) is 0 Å². The van der Waals surface area contributed by atoms with Gasteiger partial charge in [-0.25, -0.2) is 9.97 Å². The number of fused-ring (bicyclic) bond motifs is 9. The largest absolute Gasteiger partial charge is 0.309 e. The summed E-state index contributed by atoms with van der Waals surface area (Å²) in [7, 11) is 0. The molecule has 0 aliphatic heterocycles. The van der Waals surface area contributed by atoms with E-state index in [2.05, 4.69) is 209 Å². The van der Waals surface area contributed by atoms with Gasteiger partial charge in [0.25, 0.3) is 0 Å². The molecule has 0 amide bonds. The van der Waals surface area contributed by atoms with Gasteiger partial charge in [-0.05, 0) is 68.7 Å². The molecule has 0 atom stereocenters.